The van der Waals surface area contributed by atoms with E-state index in [0.29, 0.717) is 0 Å². The van der Waals surface area contributed by atoms with Crippen molar-refractivity contribution in [1.29, 1.82) is 0 Å². The number of aliphatic hydroxyl groups is 1. The van der Waals surface area contributed by atoms with Gasteiger partial charge in [0.25, 0.3) is 0 Å². The van der Waals surface area contributed by atoms with Crippen LogP contribution in [0, 0.1) is 17.5 Å². The van der Waals surface area contributed by atoms with Crippen LogP contribution in [0.1, 0.15) is 11.7 Å². The Labute approximate surface area is 126 Å². The number of thioether (sulfide) groups is 1. The van der Waals surface area contributed by atoms with E-state index in [1.807, 2.05) is 24.3 Å². The lowest BCUT2D eigenvalue weighted by Crippen LogP contribution is -2.06. The minimum atomic E-state index is -1.56. The SMILES string of the molecule is OC(CSc1ccccc1Br)c1ccc(F)c(F)c1F. The van der Waals surface area contributed by atoms with Crippen LogP contribution in [-0.4, -0.2) is 10.9 Å². The van der Waals surface area contributed by atoms with Gasteiger partial charge in [-0.3, -0.25) is 0 Å². The average Bonchev–Trinajstić information content (AvgIpc) is 2.44. The van der Waals surface area contributed by atoms with Gasteiger partial charge in [0.1, 0.15) is 0 Å². The number of benzene rings is 2. The average molecular weight is 363 g/mol. The number of halogens is 4. The van der Waals surface area contributed by atoms with Crippen LogP contribution in [0.15, 0.2) is 45.8 Å². The molecule has 0 aliphatic heterocycles. The molecule has 106 valence electrons. The van der Waals surface area contributed by atoms with Gasteiger partial charge in [-0.05, 0) is 34.1 Å². The monoisotopic (exact) mass is 362 g/mol. The number of rotatable bonds is 4. The van der Waals surface area contributed by atoms with Crippen LogP contribution in [0.2, 0.25) is 0 Å². The largest absolute Gasteiger partial charge is 0.387 e. The summed E-state index contributed by atoms with van der Waals surface area (Å²) in [5.74, 6) is -4.04. The standard InChI is InChI=1S/C14H10BrF3OS/c15-9-3-1-2-4-12(9)20-7-11(19)8-5-6-10(16)14(18)13(8)17/h1-6,11,19H,7H2. The van der Waals surface area contributed by atoms with Crippen molar-refractivity contribution in [3.05, 3.63) is 63.9 Å². The van der Waals surface area contributed by atoms with Crippen molar-refractivity contribution >= 4 is 27.7 Å². The van der Waals surface area contributed by atoms with Crippen molar-refractivity contribution in [2.45, 2.75) is 11.0 Å². The van der Waals surface area contributed by atoms with Crippen molar-refractivity contribution < 1.29 is 18.3 Å². The molecule has 0 saturated heterocycles. The number of aliphatic hydroxyl groups excluding tert-OH is 1. The van der Waals surface area contributed by atoms with Gasteiger partial charge in [0.15, 0.2) is 17.5 Å². The summed E-state index contributed by atoms with van der Waals surface area (Å²) < 4.78 is 40.3. The Balaban J connectivity index is 2.11. The van der Waals surface area contributed by atoms with Gasteiger partial charge >= 0.3 is 0 Å². The van der Waals surface area contributed by atoms with Gasteiger partial charge in [-0.2, -0.15) is 0 Å². The maximum absolute atomic E-state index is 13.5. The second-order valence-corrected chi connectivity index (χ2v) is 5.94. The highest BCUT2D eigenvalue weighted by Crippen LogP contribution is 2.31. The molecule has 0 saturated carbocycles. The summed E-state index contributed by atoms with van der Waals surface area (Å²) in [6.45, 7) is 0. The Hall–Kier alpha value is -0.980. The fourth-order valence-corrected chi connectivity index (χ4v) is 3.14. The fourth-order valence-electron chi connectivity index (χ4n) is 1.62. The Morgan fingerprint density at radius 2 is 1.75 bits per heavy atom. The lowest BCUT2D eigenvalue weighted by atomic mass is 10.1. The highest BCUT2D eigenvalue weighted by molar-refractivity contribution is 9.10. The molecule has 0 aliphatic rings. The van der Waals surface area contributed by atoms with E-state index < -0.39 is 23.6 Å². The van der Waals surface area contributed by atoms with Gasteiger partial charge in [0.2, 0.25) is 0 Å². The molecule has 0 heterocycles. The zero-order valence-corrected chi connectivity index (χ0v) is 12.5. The lowest BCUT2D eigenvalue weighted by Gasteiger charge is -2.12. The van der Waals surface area contributed by atoms with Gasteiger partial charge < -0.3 is 5.11 Å². The molecule has 1 N–H and O–H groups in total. The van der Waals surface area contributed by atoms with Gasteiger partial charge in [-0.1, -0.05) is 18.2 Å². The van der Waals surface area contributed by atoms with Crippen molar-refractivity contribution in [3.8, 4) is 0 Å². The third-order valence-electron chi connectivity index (χ3n) is 2.66. The topological polar surface area (TPSA) is 20.2 Å². The summed E-state index contributed by atoms with van der Waals surface area (Å²) in [6, 6.07) is 9.21. The van der Waals surface area contributed by atoms with Crippen LogP contribution in [0.5, 0.6) is 0 Å². The molecular weight excluding hydrogens is 353 g/mol. The molecule has 1 nitrogen and oxygen atoms in total. The van der Waals surface area contributed by atoms with Crippen molar-refractivity contribution in [3.63, 3.8) is 0 Å². The van der Waals surface area contributed by atoms with E-state index in [-0.39, 0.29) is 11.3 Å². The van der Waals surface area contributed by atoms with Gasteiger partial charge in [-0.25, -0.2) is 13.2 Å². The molecule has 0 bridgehead atoms. The molecule has 0 fully saturated rings. The molecule has 2 rings (SSSR count). The Bertz CT molecular complexity index is 621. The first-order chi connectivity index (χ1) is 9.50. The van der Waals surface area contributed by atoms with Crippen LogP contribution in [0.3, 0.4) is 0 Å². The van der Waals surface area contributed by atoms with Crippen LogP contribution in [0.4, 0.5) is 13.2 Å². The van der Waals surface area contributed by atoms with E-state index in [0.717, 1.165) is 21.5 Å². The predicted molar refractivity (Wildman–Crippen MR) is 76.1 cm³/mol. The van der Waals surface area contributed by atoms with Gasteiger partial charge in [0, 0.05) is 20.7 Å². The molecular formula is C14H10BrF3OS. The first kappa shape index (κ1) is 15.4. The third-order valence-corrected chi connectivity index (χ3v) is 4.76. The van der Waals surface area contributed by atoms with E-state index in [9.17, 15) is 18.3 Å². The summed E-state index contributed by atoms with van der Waals surface area (Å²) >= 11 is 4.64. The van der Waals surface area contributed by atoms with Crippen molar-refractivity contribution in [2.75, 3.05) is 5.75 Å². The number of hydrogen-bond donors (Lipinski definition) is 1. The minimum absolute atomic E-state index is 0.130. The first-order valence-electron chi connectivity index (χ1n) is 5.69. The Kier molecular flexibility index (Phi) is 5.12. The molecule has 2 aromatic carbocycles. The summed E-state index contributed by atoms with van der Waals surface area (Å²) in [4.78, 5) is 0.870. The van der Waals surface area contributed by atoms with E-state index >= 15 is 0 Å². The van der Waals surface area contributed by atoms with E-state index in [4.69, 9.17) is 0 Å². The molecule has 0 aromatic heterocycles. The van der Waals surface area contributed by atoms with Crippen molar-refractivity contribution in [2.24, 2.45) is 0 Å². The molecule has 1 atom stereocenters. The van der Waals surface area contributed by atoms with Gasteiger partial charge in [-0.15, -0.1) is 11.8 Å². The van der Waals surface area contributed by atoms with Crippen LogP contribution < -0.4 is 0 Å². The quantitative estimate of drug-likeness (QED) is 0.628. The van der Waals surface area contributed by atoms with E-state index in [2.05, 4.69) is 15.9 Å². The molecule has 0 amide bonds. The molecule has 6 heteroatoms. The predicted octanol–water partition coefficient (Wildman–Crippen LogP) is 4.69. The summed E-state index contributed by atoms with van der Waals surface area (Å²) in [6.07, 6.45) is -1.22. The van der Waals surface area contributed by atoms with Crippen molar-refractivity contribution in [1.82, 2.24) is 0 Å². The lowest BCUT2D eigenvalue weighted by molar-refractivity contribution is 0.197. The normalized spacial score (nSPS) is 12.4. The van der Waals surface area contributed by atoms with Gasteiger partial charge in [0.05, 0.1) is 6.10 Å². The molecule has 2 aromatic rings. The molecule has 0 spiro atoms. The summed E-state index contributed by atoms with van der Waals surface area (Å²) in [5, 5.41) is 9.90. The Morgan fingerprint density at radius 3 is 2.45 bits per heavy atom. The summed E-state index contributed by atoms with van der Waals surface area (Å²) in [5.41, 5.74) is -0.247. The zero-order valence-electron chi connectivity index (χ0n) is 10.1. The molecule has 0 aliphatic carbocycles. The van der Waals surface area contributed by atoms with E-state index in [1.165, 1.54) is 11.8 Å². The van der Waals surface area contributed by atoms with E-state index in [1.54, 1.807) is 0 Å². The van der Waals surface area contributed by atoms with Crippen LogP contribution >= 0.6 is 27.7 Å². The summed E-state index contributed by atoms with van der Waals surface area (Å²) in [7, 11) is 0. The zero-order chi connectivity index (χ0) is 14.7. The minimum Gasteiger partial charge on any atom is -0.387 e. The maximum atomic E-state index is 13.5. The second-order valence-electron chi connectivity index (χ2n) is 4.02. The van der Waals surface area contributed by atoms with Crippen LogP contribution in [0.25, 0.3) is 0 Å². The number of hydrogen-bond acceptors (Lipinski definition) is 2. The first-order valence-corrected chi connectivity index (χ1v) is 7.47. The van der Waals surface area contributed by atoms with Crippen LogP contribution in [-0.2, 0) is 0 Å². The highest BCUT2D eigenvalue weighted by atomic mass is 79.9. The smallest absolute Gasteiger partial charge is 0.194 e. The third kappa shape index (κ3) is 3.37. The fraction of sp³-hybridized carbons (Fsp3) is 0.143. The Morgan fingerprint density at radius 1 is 1.05 bits per heavy atom. The highest BCUT2D eigenvalue weighted by Gasteiger charge is 2.19. The molecule has 20 heavy (non-hydrogen) atoms. The molecule has 1 unspecified atom stereocenters. The molecule has 0 radical (unpaired) electrons. The maximum Gasteiger partial charge on any atom is 0.194 e. The second kappa shape index (κ2) is 6.65.